The Morgan fingerprint density at radius 3 is 2.32 bits per heavy atom. The molecule has 1 fully saturated rings. The third kappa shape index (κ3) is 9.39. The van der Waals surface area contributed by atoms with Crippen LogP contribution in [0.2, 0.25) is 0 Å². The maximum absolute atomic E-state index is 15.5. The maximum atomic E-state index is 15.5. The molecule has 53 heavy (non-hydrogen) atoms. The average Bonchev–Trinajstić information content (AvgIpc) is 3.11. The number of para-hydroxylation sites is 1. The number of benzene rings is 4. The highest BCUT2D eigenvalue weighted by Gasteiger charge is 2.36. The van der Waals surface area contributed by atoms with Crippen LogP contribution in [0.4, 0.5) is 15.8 Å². The maximum Gasteiger partial charge on any atom is 0.306 e. The number of nitro benzene ring substituents is 1. The lowest BCUT2D eigenvalue weighted by Crippen LogP contribution is -2.43. The Labute approximate surface area is 308 Å². The van der Waals surface area contributed by atoms with E-state index in [0.717, 1.165) is 44.8 Å². The Bertz CT molecular complexity index is 2210. The third-order valence-electron chi connectivity index (χ3n) is 9.17. The molecule has 1 heterocycles. The Morgan fingerprint density at radius 2 is 1.68 bits per heavy atom. The Hall–Kier alpha value is -4.86. The number of carbonyl (C=O) groups is 1. The van der Waals surface area contributed by atoms with Crippen molar-refractivity contribution in [1.82, 2.24) is 0 Å². The SMILES string of the molecule is CCOC(=O)CCc1ccc(N(Cc2cccc(-c3c(C)cc(OCC4(O)CCS(=O)(=O)CC4)cc3C)c2)S(=O)(=O)c2ccccc2[N+](=O)[O-])cc1F. The van der Waals surface area contributed by atoms with Crippen molar-refractivity contribution in [3.63, 3.8) is 0 Å². The lowest BCUT2D eigenvalue weighted by molar-refractivity contribution is -0.387. The van der Waals surface area contributed by atoms with Gasteiger partial charge in [-0.25, -0.2) is 21.2 Å². The van der Waals surface area contributed by atoms with Gasteiger partial charge in [-0.2, -0.15) is 0 Å². The highest BCUT2D eigenvalue weighted by molar-refractivity contribution is 7.93. The molecule has 12 nitrogen and oxygen atoms in total. The van der Waals surface area contributed by atoms with Gasteiger partial charge in [-0.05, 0) is 110 Å². The van der Waals surface area contributed by atoms with Crippen LogP contribution in [0.5, 0.6) is 5.75 Å². The summed E-state index contributed by atoms with van der Waals surface area (Å²) in [5.74, 6) is -0.952. The summed E-state index contributed by atoms with van der Waals surface area (Å²) in [6.45, 7) is 5.22. The molecule has 4 aromatic rings. The second-order valence-corrected chi connectivity index (χ2v) is 17.2. The van der Waals surface area contributed by atoms with Gasteiger partial charge in [-0.3, -0.25) is 19.2 Å². The van der Waals surface area contributed by atoms with Gasteiger partial charge in [0.1, 0.15) is 23.8 Å². The normalized spacial score (nSPS) is 15.0. The molecule has 1 aliphatic heterocycles. The molecule has 0 radical (unpaired) electrons. The minimum atomic E-state index is -4.64. The van der Waals surface area contributed by atoms with E-state index < -0.39 is 52.8 Å². The van der Waals surface area contributed by atoms with E-state index in [0.29, 0.717) is 11.3 Å². The lowest BCUT2D eigenvalue weighted by atomic mass is 9.94. The molecule has 0 saturated carbocycles. The molecule has 1 N–H and O–H groups in total. The van der Waals surface area contributed by atoms with Crippen molar-refractivity contribution in [3.8, 4) is 16.9 Å². The van der Waals surface area contributed by atoms with E-state index in [1.54, 1.807) is 37.3 Å². The van der Waals surface area contributed by atoms with Crippen LogP contribution in [0.1, 0.15) is 48.4 Å². The van der Waals surface area contributed by atoms with Crippen LogP contribution in [0.15, 0.2) is 83.8 Å². The Kier molecular flexibility index (Phi) is 11.9. The highest BCUT2D eigenvalue weighted by atomic mass is 32.2. The fourth-order valence-electron chi connectivity index (χ4n) is 6.36. The van der Waals surface area contributed by atoms with E-state index in [1.165, 1.54) is 24.3 Å². The predicted molar refractivity (Wildman–Crippen MR) is 198 cm³/mol. The van der Waals surface area contributed by atoms with Gasteiger partial charge in [-0.1, -0.05) is 36.4 Å². The largest absolute Gasteiger partial charge is 0.491 e. The predicted octanol–water partition coefficient (Wildman–Crippen LogP) is 6.23. The summed E-state index contributed by atoms with van der Waals surface area (Å²) in [6, 6.07) is 19.4. The molecule has 1 saturated heterocycles. The van der Waals surface area contributed by atoms with E-state index in [-0.39, 0.29) is 68.2 Å². The summed E-state index contributed by atoms with van der Waals surface area (Å²) < 4.78 is 79.4. The van der Waals surface area contributed by atoms with Gasteiger partial charge in [0.15, 0.2) is 14.7 Å². The van der Waals surface area contributed by atoms with E-state index in [9.17, 15) is 36.9 Å². The summed E-state index contributed by atoms with van der Waals surface area (Å²) in [5, 5.41) is 22.8. The smallest absolute Gasteiger partial charge is 0.306 e. The summed E-state index contributed by atoms with van der Waals surface area (Å²) in [4.78, 5) is 22.4. The first-order chi connectivity index (χ1) is 25.0. The fourth-order valence-corrected chi connectivity index (χ4v) is 9.55. The number of aryl methyl sites for hydroxylation is 3. The molecule has 1 aliphatic rings. The average molecular weight is 769 g/mol. The molecule has 0 aliphatic carbocycles. The van der Waals surface area contributed by atoms with Crippen molar-refractivity contribution in [2.75, 3.05) is 29.0 Å². The van der Waals surface area contributed by atoms with E-state index in [2.05, 4.69) is 0 Å². The van der Waals surface area contributed by atoms with E-state index >= 15 is 4.39 Å². The third-order valence-corrected chi connectivity index (χ3v) is 12.6. The topological polar surface area (TPSA) is 170 Å². The van der Waals surface area contributed by atoms with Crippen LogP contribution in [0.3, 0.4) is 0 Å². The van der Waals surface area contributed by atoms with E-state index in [4.69, 9.17) is 9.47 Å². The Morgan fingerprint density at radius 1 is 1.00 bits per heavy atom. The number of halogens is 1. The van der Waals surface area contributed by atoms with Crippen molar-refractivity contribution >= 4 is 37.2 Å². The quantitative estimate of drug-likeness (QED) is 0.0882. The number of nitro groups is 1. The highest BCUT2D eigenvalue weighted by Crippen LogP contribution is 2.35. The van der Waals surface area contributed by atoms with Gasteiger partial charge in [0.25, 0.3) is 15.7 Å². The van der Waals surface area contributed by atoms with Gasteiger partial charge in [0.05, 0.1) is 35.3 Å². The number of sulfonamides is 1. The molecule has 5 rings (SSSR count). The van der Waals surface area contributed by atoms with Crippen LogP contribution >= 0.6 is 0 Å². The first-order valence-corrected chi connectivity index (χ1v) is 20.2. The zero-order valence-electron chi connectivity index (χ0n) is 29.6. The van der Waals surface area contributed by atoms with E-state index in [1.807, 2.05) is 19.9 Å². The van der Waals surface area contributed by atoms with Crippen molar-refractivity contribution < 1.29 is 45.5 Å². The molecule has 0 atom stereocenters. The molecular weight excluding hydrogens is 728 g/mol. The number of aliphatic hydroxyl groups is 1. The molecule has 4 aromatic carbocycles. The summed E-state index contributed by atoms with van der Waals surface area (Å²) in [6.07, 6.45) is 0.136. The number of esters is 1. The first kappa shape index (κ1) is 39.3. The second-order valence-electron chi connectivity index (χ2n) is 13.1. The number of hydrogen-bond acceptors (Lipinski definition) is 10. The summed E-state index contributed by atoms with van der Waals surface area (Å²) >= 11 is 0. The molecule has 282 valence electrons. The molecule has 0 aromatic heterocycles. The van der Waals surface area contributed by atoms with Gasteiger partial charge in [-0.15, -0.1) is 0 Å². The van der Waals surface area contributed by atoms with Crippen molar-refractivity contribution in [2.45, 2.75) is 63.5 Å². The molecule has 0 spiro atoms. The number of ether oxygens (including phenoxy) is 2. The number of carbonyl (C=O) groups excluding carboxylic acids is 1. The number of rotatable bonds is 14. The number of sulfone groups is 1. The minimum Gasteiger partial charge on any atom is -0.491 e. The summed E-state index contributed by atoms with van der Waals surface area (Å²) in [5.41, 5.74) is 1.94. The van der Waals surface area contributed by atoms with Crippen molar-refractivity contribution in [2.24, 2.45) is 0 Å². The first-order valence-electron chi connectivity index (χ1n) is 17.0. The van der Waals surface area contributed by atoms with Gasteiger partial charge < -0.3 is 14.6 Å². The van der Waals surface area contributed by atoms with Crippen LogP contribution in [-0.4, -0.2) is 63.2 Å². The van der Waals surface area contributed by atoms with Crippen LogP contribution in [0, 0.1) is 29.8 Å². The van der Waals surface area contributed by atoms with Gasteiger partial charge >= 0.3 is 5.97 Å². The number of anilines is 1. The zero-order valence-corrected chi connectivity index (χ0v) is 31.2. The number of hydrogen-bond donors (Lipinski definition) is 1. The molecule has 15 heteroatoms. The molecule has 0 unspecified atom stereocenters. The number of nitrogens with zero attached hydrogens (tertiary/aromatic N) is 2. The fraction of sp³-hybridized carbons (Fsp3) is 0.342. The zero-order chi connectivity index (χ0) is 38.6. The summed E-state index contributed by atoms with van der Waals surface area (Å²) in [7, 11) is -7.80. The monoisotopic (exact) mass is 768 g/mol. The van der Waals surface area contributed by atoms with Crippen molar-refractivity contribution in [1.29, 1.82) is 0 Å². The Balaban J connectivity index is 1.46. The molecule has 0 bridgehead atoms. The van der Waals surface area contributed by atoms with Crippen LogP contribution in [0.25, 0.3) is 11.1 Å². The standard InChI is InChI=1S/C38H41FN2O10S2/c1-4-50-36(42)15-13-29-12-14-31(23-33(29)39)40(53(48,49)35-11-6-5-10-34(35)41(44)45)24-28-8-7-9-30(22-28)37-26(2)20-32(21-27(37)3)51-25-38(43)16-18-52(46,47)19-17-38/h5-12,14,20-23,43H,4,13,15-19,24-25H2,1-3H3. The minimum absolute atomic E-state index is 0.0254. The lowest BCUT2D eigenvalue weighted by Gasteiger charge is -2.31. The molecule has 0 amide bonds. The second kappa shape index (κ2) is 16.0. The van der Waals surface area contributed by atoms with Gasteiger partial charge in [0, 0.05) is 12.5 Å². The van der Waals surface area contributed by atoms with Gasteiger partial charge in [0.2, 0.25) is 0 Å². The van der Waals surface area contributed by atoms with Crippen LogP contribution < -0.4 is 9.04 Å². The van der Waals surface area contributed by atoms with Crippen LogP contribution in [-0.2, 0) is 42.4 Å². The molecular formula is C38H41FN2O10S2. The van der Waals surface area contributed by atoms with Crippen molar-refractivity contribution in [3.05, 3.63) is 117 Å².